The average molecular weight is 463 g/mol. The zero-order valence-corrected chi connectivity index (χ0v) is 19.4. The molecular formula is C25H26N4O3S. The van der Waals surface area contributed by atoms with E-state index in [0.29, 0.717) is 29.0 Å². The van der Waals surface area contributed by atoms with Crippen LogP contribution in [0.15, 0.2) is 42.5 Å². The van der Waals surface area contributed by atoms with Crippen LogP contribution in [0.2, 0.25) is 0 Å². The van der Waals surface area contributed by atoms with Gasteiger partial charge in [-0.05, 0) is 61.6 Å². The highest BCUT2D eigenvalue weighted by Crippen LogP contribution is 2.28. The van der Waals surface area contributed by atoms with Gasteiger partial charge in [0.2, 0.25) is 5.91 Å². The molecule has 3 heterocycles. The summed E-state index contributed by atoms with van der Waals surface area (Å²) < 4.78 is 2.27. The fourth-order valence-electron chi connectivity index (χ4n) is 4.75. The number of amides is 3. The van der Waals surface area contributed by atoms with Crippen molar-refractivity contribution in [1.82, 2.24) is 14.5 Å². The summed E-state index contributed by atoms with van der Waals surface area (Å²) in [5, 5.41) is 2.94. The number of carbonyl (C=O) groups excluding carboxylic acids is 3. The number of carbonyl (C=O) groups is 3. The van der Waals surface area contributed by atoms with Crippen molar-refractivity contribution in [3.63, 3.8) is 0 Å². The largest absolute Gasteiger partial charge is 0.328 e. The molecule has 0 aliphatic carbocycles. The lowest BCUT2D eigenvalue weighted by atomic mass is 10.1. The topological polar surface area (TPSA) is 84.3 Å². The summed E-state index contributed by atoms with van der Waals surface area (Å²) in [6.45, 7) is 0.966. The van der Waals surface area contributed by atoms with Crippen LogP contribution in [-0.2, 0) is 17.8 Å². The van der Waals surface area contributed by atoms with Gasteiger partial charge in [0.05, 0.1) is 22.2 Å². The lowest BCUT2D eigenvalue weighted by Crippen LogP contribution is -2.47. The van der Waals surface area contributed by atoms with E-state index in [2.05, 4.69) is 9.88 Å². The molecule has 0 radical (unpaired) electrons. The zero-order valence-electron chi connectivity index (χ0n) is 18.5. The number of nitrogens with zero attached hydrogens (tertiary/aromatic N) is 3. The van der Waals surface area contributed by atoms with Gasteiger partial charge in [-0.3, -0.25) is 19.3 Å². The van der Waals surface area contributed by atoms with Crippen molar-refractivity contribution in [3.05, 3.63) is 59.4 Å². The molecule has 5 rings (SSSR count). The molecule has 170 valence electrons. The molecule has 33 heavy (non-hydrogen) atoms. The second kappa shape index (κ2) is 9.02. The molecule has 2 aromatic carbocycles. The molecule has 0 saturated carbocycles. The first-order chi connectivity index (χ1) is 16.1. The smallest absolute Gasteiger partial charge is 0.262 e. The summed E-state index contributed by atoms with van der Waals surface area (Å²) in [5.41, 5.74) is 3.25. The molecule has 1 unspecified atom stereocenters. The van der Waals surface area contributed by atoms with E-state index in [-0.39, 0.29) is 5.91 Å². The van der Waals surface area contributed by atoms with Crippen molar-refractivity contribution in [2.45, 2.75) is 44.7 Å². The third-order valence-corrected chi connectivity index (χ3v) is 7.06. The van der Waals surface area contributed by atoms with Crippen molar-refractivity contribution in [2.75, 3.05) is 17.3 Å². The summed E-state index contributed by atoms with van der Waals surface area (Å²) in [6, 6.07) is 11.6. The Morgan fingerprint density at radius 2 is 1.85 bits per heavy atom. The Labute approximate surface area is 196 Å². The van der Waals surface area contributed by atoms with Crippen LogP contribution in [0.25, 0.3) is 11.0 Å². The van der Waals surface area contributed by atoms with Gasteiger partial charge in [0.1, 0.15) is 11.9 Å². The fourth-order valence-corrected chi connectivity index (χ4v) is 5.21. The first kappa shape index (κ1) is 21.7. The maximum atomic E-state index is 13.3. The Bertz CT molecular complexity index is 1220. The Kier molecular flexibility index (Phi) is 5.93. The van der Waals surface area contributed by atoms with E-state index in [0.717, 1.165) is 47.6 Å². The number of anilines is 1. The summed E-state index contributed by atoms with van der Waals surface area (Å²) in [6.07, 6.45) is 6.80. The van der Waals surface area contributed by atoms with Crippen molar-refractivity contribution in [2.24, 2.45) is 0 Å². The average Bonchev–Trinajstić information content (AvgIpc) is 3.16. The number of imide groups is 1. The van der Waals surface area contributed by atoms with Gasteiger partial charge in [0, 0.05) is 18.7 Å². The minimum absolute atomic E-state index is 0.352. The Morgan fingerprint density at radius 3 is 2.58 bits per heavy atom. The summed E-state index contributed by atoms with van der Waals surface area (Å²) in [5.74, 6) is 0.557. The molecule has 1 aromatic heterocycles. The predicted molar refractivity (Wildman–Crippen MR) is 130 cm³/mol. The second-order valence-corrected chi connectivity index (χ2v) is 9.49. The number of fused-ring (bicyclic) bond motifs is 4. The third-order valence-electron chi connectivity index (χ3n) is 6.41. The van der Waals surface area contributed by atoms with E-state index in [1.165, 1.54) is 6.42 Å². The van der Waals surface area contributed by atoms with Crippen molar-refractivity contribution in [1.29, 1.82) is 0 Å². The maximum absolute atomic E-state index is 13.3. The zero-order chi connectivity index (χ0) is 22.9. The van der Waals surface area contributed by atoms with Crippen LogP contribution >= 0.6 is 11.8 Å². The molecule has 0 spiro atoms. The molecule has 0 fully saturated rings. The number of rotatable bonds is 6. The lowest BCUT2D eigenvalue weighted by Gasteiger charge is -2.25. The molecular weight excluding hydrogens is 436 g/mol. The second-order valence-electron chi connectivity index (χ2n) is 8.51. The van der Waals surface area contributed by atoms with Gasteiger partial charge in [-0.25, -0.2) is 4.98 Å². The van der Waals surface area contributed by atoms with Crippen LogP contribution in [0.3, 0.4) is 0 Å². The molecule has 8 heteroatoms. The van der Waals surface area contributed by atoms with E-state index < -0.39 is 17.9 Å². The van der Waals surface area contributed by atoms with E-state index >= 15 is 0 Å². The summed E-state index contributed by atoms with van der Waals surface area (Å²) in [4.78, 5) is 45.2. The number of thioether (sulfide) groups is 1. The van der Waals surface area contributed by atoms with E-state index in [4.69, 9.17) is 4.98 Å². The highest BCUT2D eigenvalue weighted by Gasteiger charge is 2.42. The fraction of sp³-hybridized carbons (Fsp3) is 0.360. The molecule has 0 saturated heterocycles. The Balaban J connectivity index is 1.41. The Morgan fingerprint density at radius 1 is 1.09 bits per heavy atom. The number of nitrogens with one attached hydrogen (secondary N) is 1. The summed E-state index contributed by atoms with van der Waals surface area (Å²) >= 11 is 1.58. The van der Waals surface area contributed by atoms with Crippen LogP contribution in [0.1, 0.15) is 52.2 Å². The van der Waals surface area contributed by atoms with Gasteiger partial charge < -0.3 is 9.88 Å². The number of benzene rings is 2. The van der Waals surface area contributed by atoms with Crippen LogP contribution in [0.4, 0.5) is 5.69 Å². The molecule has 7 nitrogen and oxygen atoms in total. The quantitative estimate of drug-likeness (QED) is 0.557. The molecule has 2 aliphatic heterocycles. The van der Waals surface area contributed by atoms with E-state index in [9.17, 15) is 14.4 Å². The van der Waals surface area contributed by atoms with Gasteiger partial charge in [0.15, 0.2) is 0 Å². The van der Waals surface area contributed by atoms with Crippen LogP contribution < -0.4 is 5.32 Å². The molecule has 1 N–H and O–H groups in total. The summed E-state index contributed by atoms with van der Waals surface area (Å²) in [7, 11) is 0. The van der Waals surface area contributed by atoms with Gasteiger partial charge in [0.25, 0.3) is 11.8 Å². The van der Waals surface area contributed by atoms with Gasteiger partial charge in [-0.1, -0.05) is 18.6 Å². The highest BCUT2D eigenvalue weighted by molar-refractivity contribution is 7.98. The van der Waals surface area contributed by atoms with Crippen LogP contribution in [-0.4, -0.2) is 50.2 Å². The molecule has 3 aromatic rings. The number of hydrogen-bond donors (Lipinski definition) is 1. The first-order valence-corrected chi connectivity index (χ1v) is 12.7. The van der Waals surface area contributed by atoms with Gasteiger partial charge >= 0.3 is 0 Å². The molecule has 1 atom stereocenters. The standard InChI is InChI=1S/C25H26N4O3S/c1-33-14-12-21(29-24(31)17-7-4-5-8-18(17)25(29)32)23(30)26-16-10-11-20-19(15-16)27-22-9-3-2-6-13-28(20)22/h4-5,7-8,10-11,15,21H,2-3,6,9,12-14H2,1H3,(H,26,30). The van der Waals surface area contributed by atoms with E-state index in [1.54, 1.807) is 36.0 Å². The van der Waals surface area contributed by atoms with Crippen molar-refractivity contribution >= 4 is 46.2 Å². The van der Waals surface area contributed by atoms with Crippen molar-refractivity contribution < 1.29 is 14.4 Å². The molecule has 0 bridgehead atoms. The number of hydrogen-bond acceptors (Lipinski definition) is 5. The first-order valence-electron chi connectivity index (χ1n) is 11.3. The maximum Gasteiger partial charge on any atom is 0.262 e. The number of aryl methyl sites for hydroxylation is 2. The lowest BCUT2D eigenvalue weighted by molar-refractivity contribution is -0.120. The SMILES string of the molecule is CSCCC(C(=O)Nc1ccc2c(c1)nc1n2CCCCC1)N1C(=O)c2ccccc2C1=O. The Hall–Kier alpha value is -3.13. The highest BCUT2D eigenvalue weighted by atomic mass is 32.2. The minimum Gasteiger partial charge on any atom is -0.328 e. The van der Waals surface area contributed by atoms with Crippen molar-refractivity contribution in [3.8, 4) is 0 Å². The third kappa shape index (κ3) is 3.93. The minimum atomic E-state index is -0.876. The number of aromatic nitrogens is 2. The number of imidazole rings is 1. The van der Waals surface area contributed by atoms with Gasteiger partial charge in [-0.15, -0.1) is 0 Å². The predicted octanol–water partition coefficient (Wildman–Crippen LogP) is 4.12. The monoisotopic (exact) mass is 462 g/mol. The van der Waals surface area contributed by atoms with Gasteiger partial charge in [-0.2, -0.15) is 11.8 Å². The molecule has 3 amide bonds. The molecule has 2 aliphatic rings. The van der Waals surface area contributed by atoms with Crippen LogP contribution in [0.5, 0.6) is 0 Å². The van der Waals surface area contributed by atoms with E-state index in [1.807, 2.05) is 24.5 Å². The van der Waals surface area contributed by atoms with Crippen LogP contribution in [0, 0.1) is 0 Å². The normalized spacial score (nSPS) is 16.5.